The summed E-state index contributed by atoms with van der Waals surface area (Å²) >= 11 is 0. The maximum absolute atomic E-state index is 9.03. The highest BCUT2D eigenvalue weighted by molar-refractivity contribution is 5.45. The summed E-state index contributed by atoms with van der Waals surface area (Å²) in [5.74, 6) is 1.47. The van der Waals surface area contributed by atoms with Crippen LogP contribution in [0, 0.1) is 18.3 Å². The van der Waals surface area contributed by atoms with Crippen LogP contribution in [-0.4, -0.2) is 25.2 Å². The molecule has 0 atom stereocenters. The first kappa shape index (κ1) is 14.9. The van der Waals surface area contributed by atoms with E-state index in [0.717, 1.165) is 11.3 Å². The van der Waals surface area contributed by atoms with Crippen LogP contribution >= 0.6 is 0 Å². The SMILES string of the molecule is COCCNc1oc(COc2ccccc2C)nc1C#N. The second kappa shape index (κ2) is 7.31. The first-order chi connectivity index (χ1) is 10.2. The van der Waals surface area contributed by atoms with E-state index >= 15 is 0 Å². The minimum atomic E-state index is 0.172. The van der Waals surface area contributed by atoms with Gasteiger partial charge in [-0.2, -0.15) is 10.2 Å². The lowest BCUT2D eigenvalue weighted by molar-refractivity contribution is 0.210. The number of nitriles is 1. The minimum absolute atomic E-state index is 0.172. The lowest BCUT2D eigenvalue weighted by Crippen LogP contribution is -2.07. The first-order valence-corrected chi connectivity index (χ1v) is 6.55. The molecule has 0 bridgehead atoms. The number of rotatable bonds is 7. The summed E-state index contributed by atoms with van der Waals surface area (Å²) in [6, 6.07) is 9.67. The van der Waals surface area contributed by atoms with E-state index in [-0.39, 0.29) is 12.3 Å². The second-order valence-corrected chi connectivity index (χ2v) is 4.37. The van der Waals surface area contributed by atoms with Gasteiger partial charge >= 0.3 is 0 Å². The lowest BCUT2D eigenvalue weighted by Gasteiger charge is -2.06. The molecule has 2 rings (SSSR count). The van der Waals surface area contributed by atoms with Gasteiger partial charge in [-0.15, -0.1) is 0 Å². The van der Waals surface area contributed by atoms with E-state index in [4.69, 9.17) is 19.2 Å². The molecule has 0 radical (unpaired) electrons. The number of benzene rings is 1. The maximum Gasteiger partial charge on any atom is 0.236 e. The summed E-state index contributed by atoms with van der Waals surface area (Å²) in [4.78, 5) is 4.10. The number of oxazole rings is 1. The Morgan fingerprint density at radius 1 is 1.38 bits per heavy atom. The molecule has 1 heterocycles. The van der Waals surface area contributed by atoms with Crippen molar-refractivity contribution in [3.05, 3.63) is 41.4 Å². The van der Waals surface area contributed by atoms with Crippen LogP contribution in [-0.2, 0) is 11.3 Å². The standard InChI is InChI=1S/C15H17N3O3/c1-11-5-3-4-6-13(11)20-10-14-18-12(9-16)15(21-14)17-7-8-19-2/h3-6,17H,7-8,10H2,1-2H3. The number of hydrogen-bond acceptors (Lipinski definition) is 6. The Morgan fingerprint density at radius 3 is 2.90 bits per heavy atom. The Balaban J connectivity index is 2.01. The van der Waals surface area contributed by atoms with Gasteiger partial charge in [-0.05, 0) is 18.6 Å². The van der Waals surface area contributed by atoms with E-state index < -0.39 is 0 Å². The van der Waals surface area contributed by atoms with Crippen LogP contribution in [0.1, 0.15) is 17.1 Å². The van der Waals surface area contributed by atoms with E-state index in [1.807, 2.05) is 37.3 Å². The Labute approximate surface area is 123 Å². The highest BCUT2D eigenvalue weighted by Gasteiger charge is 2.13. The average molecular weight is 287 g/mol. The van der Waals surface area contributed by atoms with Crippen molar-refractivity contribution in [1.29, 1.82) is 5.26 Å². The third-order valence-corrected chi connectivity index (χ3v) is 2.81. The van der Waals surface area contributed by atoms with Crippen molar-refractivity contribution in [3.63, 3.8) is 0 Å². The van der Waals surface area contributed by atoms with Crippen LogP contribution in [0.15, 0.2) is 28.7 Å². The van der Waals surface area contributed by atoms with Gasteiger partial charge in [0.25, 0.3) is 0 Å². The van der Waals surface area contributed by atoms with Gasteiger partial charge in [0.2, 0.25) is 17.5 Å². The predicted octanol–water partition coefficient (Wildman–Crippen LogP) is 2.49. The smallest absolute Gasteiger partial charge is 0.236 e. The van der Waals surface area contributed by atoms with Gasteiger partial charge in [0.15, 0.2) is 6.61 Å². The van der Waals surface area contributed by atoms with E-state index in [9.17, 15) is 0 Å². The number of methoxy groups -OCH3 is 1. The van der Waals surface area contributed by atoms with Gasteiger partial charge in [0.05, 0.1) is 6.61 Å². The fourth-order valence-corrected chi connectivity index (χ4v) is 1.75. The molecule has 0 aliphatic heterocycles. The van der Waals surface area contributed by atoms with Crippen molar-refractivity contribution in [3.8, 4) is 11.8 Å². The van der Waals surface area contributed by atoms with Gasteiger partial charge in [0.1, 0.15) is 11.8 Å². The number of aromatic nitrogens is 1. The molecule has 1 N–H and O–H groups in total. The predicted molar refractivity (Wildman–Crippen MR) is 77.1 cm³/mol. The highest BCUT2D eigenvalue weighted by atomic mass is 16.5. The fourth-order valence-electron chi connectivity index (χ4n) is 1.75. The van der Waals surface area contributed by atoms with Crippen molar-refractivity contribution in [2.45, 2.75) is 13.5 Å². The fraction of sp³-hybridized carbons (Fsp3) is 0.333. The number of aryl methyl sites for hydroxylation is 1. The Kier molecular flexibility index (Phi) is 5.18. The minimum Gasteiger partial charge on any atom is -0.484 e. The molecule has 0 aliphatic rings. The zero-order chi connectivity index (χ0) is 15.1. The van der Waals surface area contributed by atoms with E-state index in [2.05, 4.69) is 10.3 Å². The van der Waals surface area contributed by atoms with Crippen molar-refractivity contribution in [1.82, 2.24) is 4.98 Å². The Hall–Kier alpha value is -2.52. The normalized spacial score (nSPS) is 10.1. The molecule has 21 heavy (non-hydrogen) atoms. The van der Waals surface area contributed by atoms with Crippen molar-refractivity contribution in [2.75, 3.05) is 25.6 Å². The molecule has 6 heteroatoms. The van der Waals surface area contributed by atoms with Gasteiger partial charge in [-0.3, -0.25) is 0 Å². The summed E-state index contributed by atoms with van der Waals surface area (Å²) in [6.07, 6.45) is 0. The molecule has 110 valence electrons. The van der Waals surface area contributed by atoms with Crippen molar-refractivity contribution in [2.24, 2.45) is 0 Å². The first-order valence-electron chi connectivity index (χ1n) is 6.55. The van der Waals surface area contributed by atoms with Crippen LogP contribution in [0.2, 0.25) is 0 Å². The number of ether oxygens (including phenoxy) is 2. The number of nitrogens with zero attached hydrogens (tertiary/aromatic N) is 2. The molecule has 0 amide bonds. The van der Waals surface area contributed by atoms with Gasteiger partial charge in [0, 0.05) is 13.7 Å². The second-order valence-electron chi connectivity index (χ2n) is 4.37. The largest absolute Gasteiger partial charge is 0.484 e. The number of hydrogen-bond donors (Lipinski definition) is 1. The molecule has 0 saturated carbocycles. The summed E-state index contributed by atoms with van der Waals surface area (Å²) in [5, 5.41) is 12.0. The van der Waals surface area contributed by atoms with Crippen LogP contribution in [0.4, 0.5) is 5.88 Å². The Morgan fingerprint density at radius 2 is 2.19 bits per heavy atom. The molecular weight excluding hydrogens is 270 g/mol. The third-order valence-electron chi connectivity index (χ3n) is 2.81. The molecule has 0 aliphatic carbocycles. The summed E-state index contributed by atoms with van der Waals surface area (Å²) in [5.41, 5.74) is 1.25. The molecule has 1 aromatic carbocycles. The Bertz CT molecular complexity index is 631. The van der Waals surface area contributed by atoms with Crippen LogP contribution in [0.3, 0.4) is 0 Å². The molecule has 0 spiro atoms. The van der Waals surface area contributed by atoms with E-state index in [1.165, 1.54) is 0 Å². The molecular formula is C15H17N3O3. The van der Waals surface area contributed by atoms with Gasteiger partial charge in [-0.1, -0.05) is 18.2 Å². The maximum atomic E-state index is 9.03. The van der Waals surface area contributed by atoms with Crippen LogP contribution in [0.5, 0.6) is 5.75 Å². The lowest BCUT2D eigenvalue weighted by atomic mass is 10.2. The van der Waals surface area contributed by atoms with Crippen molar-refractivity contribution >= 4 is 5.88 Å². The van der Waals surface area contributed by atoms with Crippen LogP contribution in [0.25, 0.3) is 0 Å². The zero-order valence-electron chi connectivity index (χ0n) is 12.0. The molecule has 0 fully saturated rings. The van der Waals surface area contributed by atoms with Gasteiger partial charge in [-0.25, -0.2) is 0 Å². The molecule has 1 aromatic heterocycles. The third kappa shape index (κ3) is 3.97. The molecule has 0 saturated heterocycles. The summed E-state index contributed by atoms with van der Waals surface area (Å²) in [7, 11) is 1.61. The number of nitrogens with one attached hydrogen (secondary N) is 1. The topological polar surface area (TPSA) is 80.3 Å². The number of para-hydroxylation sites is 1. The van der Waals surface area contributed by atoms with E-state index in [0.29, 0.717) is 24.9 Å². The van der Waals surface area contributed by atoms with E-state index in [1.54, 1.807) is 7.11 Å². The highest BCUT2D eigenvalue weighted by Crippen LogP contribution is 2.20. The monoisotopic (exact) mass is 287 g/mol. The number of anilines is 1. The zero-order valence-corrected chi connectivity index (χ0v) is 12.0. The van der Waals surface area contributed by atoms with Crippen molar-refractivity contribution < 1.29 is 13.9 Å². The molecule has 2 aromatic rings. The molecule has 6 nitrogen and oxygen atoms in total. The average Bonchev–Trinajstić information content (AvgIpc) is 2.89. The van der Waals surface area contributed by atoms with Crippen LogP contribution < -0.4 is 10.1 Å². The quantitative estimate of drug-likeness (QED) is 0.788. The van der Waals surface area contributed by atoms with Gasteiger partial charge < -0.3 is 19.2 Å². The summed E-state index contributed by atoms with van der Waals surface area (Å²) in [6.45, 7) is 3.19. The summed E-state index contributed by atoms with van der Waals surface area (Å²) < 4.78 is 16.1. The molecule has 0 unspecified atom stereocenters.